The van der Waals surface area contributed by atoms with Crippen molar-refractivity contribution in [2.24, 2.45) is 0 Å². The number of hydrogen-bond acceptors (Lipinski definition) is 6. The van der Waals surface area contributed by atoms with Crippen molar-refractivity contribution in [2.75, 3.05) is 47.8 Å². The summed E-state index contributed by atoms with van der Waals surface area (Å²) in [4.78, 5) is 20.5. The highest BCUT2D eigenvalue weighted by molar-refractivity contribution is 7.91. The lowest BCUT2D eigenvalue weighted by atomic mass is 10.2. The fourth-order valence-electron chi connectivity index (χ4n) is 3.06. The standard InChI is InChI=1S/C19H24N4O3S/c1-22(2)15-6-4-14(5-7-15)21-19(24)18-9-8-16(12-20-18)23(3)17-10-11-27(25,26)13-17/h4-9,12,17H,10-11,13H2,1-3H3,(H,21,24). The van der Waals surface area contributed by atoms with Crippen LogP contribution in [-0.2, 0) is 9.84 Å². The van der Waals surface area contributed by atoms with E-state index in [0.29, 0.717) is 17.8 Å². The second-order valence-electron chi connectivity index (χ2n) is 6.96. The molecule has 1 N–H and O–H groups in total. The fraction of sp³-hybridized carbons (Fsp3) is 0.368. The van der Waals surface area contributed by atoms with Crippen molar-refractivity contribution in [1.29, 1.82) is 0 Å². The van der Waals surface area contributed by atoms with Crippen LogP contribution in [0.3, 0.4) is 0 Å². The number of carbonyl (C=O) groups excluding carboxylic acids is 1. The zero-order valence-corrected chi connectivity index (χ0v) is 16.5. The number of benzene rings is 1. The minimum Gasteiger partial charge on any atom is -0.378 e. The SMILES string of the molecule is CN(C)c1ccc(NC(=O)c2ccc(N(C)C3CCS(=O)(=O)C3)cn2)cc1. The summed E-state index contributed by atoms with van der Waals surface area (Å²) >= 11 is 0. The first-order valence-electron chi connectivity index (χ1n) is 8.73. The maximum atomic E-state index is 12.4. The van der Waals surface area contributed by atoms with Crippen LogP contribution in [-0.4, -0.2) is 58.0 Å². The Morgan fingerprint density at radius 3 is 2.26 bits per heavy atom. The van der Waals surface area contributed by atoms with E-state index in [2.05, 4.69) is 10.3 Å². The highest BCUT2D eigenvalue weighted by atomic mass is 32.2. The average Bonchev–Trinajstić information content (AvgIpc) is 3.01. The van der Waals surface area contributed by atoms with E-state index in [9.17, 15) is 13.2 Å². The smallest absolute Gasteiger partial charge is 0.274 e. The maximum absolute atomic E-state index is 12.4. The van der Waals surface area contributed by atoms with Gasteiger partial charge in [-0.25, -0.2) is 13.4 Å². The summed E-state index contributed by atoms with van der Waals surface area (Å²) in [5, 5.41) is 2.83. The maximum Gasteiger partial charge on any atom is 0.274 e. The van der Waals surface area contributed by atoms with Crippen LogP contribution in [0.5, 0.6) is 0 Å². The highest BCUT2D eigenvalue weighted by Crippen LogP contribution is 2.22. The van der Waals surface area contributed by atoms with Crippen LogP contribution in [0.2, 0.25) is 0 Å². The third-order valence-corrected chi connectivity index (χ3v) is 6.54. The van der Waals surface area contributed by atoms with Crippen molar-refractivity contribution >= 4 is 32.8 Å². The predicted octanol–water partition coefficient (Wildman–Crippen LogP) is 2.02. The molecular weight excluding hydrogens is 364 g/mol. The molecule has 1 aromatic heterocycles. The lowest BCUT2D eigenvalue weighted by Gasteiger charge is -2.25. The molecule has 27 heavy (non-hydrogen) atoms. The van der Waals surface area contributed by atoms with Crippen molar-refractivity contribution in [3.63, 3.8) is 0 Å². The van der Waals surface area contributed by atoms with Crippen molar-refractivity contribution in [1.82, 2.24) is 4.98 Å². The minimum atomic E-state index is -2.94. The summed E-state index contributed by atoms with van der Waals surface area (Å²) in [6.07, 6.45) is 2.22. The van der Waals surface area contributed by atoms with Crippen LogP contribution in [0, 0.1) is 0 Å². The molecule has 1 atom stereocenters. The Balaban J connectivity index is 1.65. The van der Waals surface area contributed by atoms with E-state index in [1.54, 1.807) is 18.3 Å². The summed E-state index contributed by atoms with van der Waals surface area (Å²) in [6, 6.07) is 10.9. The van der Waals surface area contributed by atoms with Gasteiger partial charge in [0.25, 0.3) is 5.91 Å². The molecule has 0 aliphatic carbocycles. The number of amides is 1. The Labute approximate surface area is 159 Å². The molecule has 1 aliphatic heterocycles. The molecule has 2 aromatic rings. The molecular formula is C19H24N4O3S. The summed E-state index contributed by atoms with van der Waals surface area (Å²) in [5.41, 5.74) is 2.85. The average molecular weight is 388 g/mol. The monoisotopic (exact) mass is 388 g/mol. The lowest BCUT2D eigenvalue weighted by Crippen LogP contribution is -2.32. The Kier molecular flexibility index (Phi) is 5.36. The van der Waals surface area contributed by atoms with Gasteiger partial charge < -0.3 is 15.1 Å². The van der Waals surface area contributed by atoms with E-state index in [1.165, 1.54) is 0 Å². The number of carbonyl (C=O) groups is 1. The molecule has 7 nitrogen and oxygen atoms in total. The molecule has 1 aliphatic rings. The Morgan fingerprint density at radius 1 is 1.07 bits per heavy atom. The molecule has 2 heterocycles. The first-order valence-corrected chi connectivity index (χ1v) is 10.6. The lowest BCUT2D eigenvalue weighted by molar-refractivity contribution is 0.102. The number of rotatable bonds is 5. The van der Waals surface area contributed by atoms with Crippen LogP contribution in [0.1, 0.15) is 16.9 Å². The van der Waals surface area contributed by atoms with Crippen LogP contribution >= 0.6 is 0 Å². The third-order valence-electron chi connectivity index (χ3n) is 4.79. The number of pyridine rings is 1. The van der Waals surface area contributed by atoms with Gasteiger partial charge in [-0.1, -0.05) is 0 Å². The normalized spacial score (nSPS) is 18.1. The number of aromatic nitrogens is 1. The molecule has 1 fully saturated rings. The van der Waals surface area contributed by atoms with Crippen LogP contribution in [0.25, 0.3) is 0 Å². The second kappa shape index (κ2) is 7.56. The first-order chi connectivity index (χ1) is 12.7. The van der Waals surface area contributed by atoms with Gasteiger partial charge in [0.2, 0.25) is 0 Å². The zero-order valence-electron chi connectivity index (χ0n) is 15.7. The van der Waals surface area contributed by atoms with Gasteiger partial charge in [0.05, 0.1) is 23.4 Å². The largest absolute Gasteiger partial charge is 0.378 e. The first kappa shape index (κ1) is 19.2. The molecule has 3 rings (SSSR count). The van der Waals surface area contributed by atoms with E-state index in [1.807, 2.05) is 55.2 Å². The molecule has 1 amide bonds. The van der Waals surface area contributed by atoms with Crippen LogP contribution in [0.15, 0.2) is 42.6 Å². The molecule has 1 aromatic carbocycles. The van der Waals surface area contributed by atoms with Crippen molar-refractivity contribution in [3.05, 3.63) is 48.3 Å². The number of nitrogens with one attached hydrogen (secondary N) is 1. The summed E-state index contributed by atoms with van der Waals surface area (Å²) in [5.74, 6) is 0.0993. The topological polar surface area (TPSA) is 82.6 Å². The van der Waals surface area contributed by atoms with Gasteiger partial charge in [0.15, 0.2) is 9.84 Å². The summed E-state index contributed by atoms with van der Waals surface area (Å²) < 4.78 is 23.3. The van der Waals surface area contributed by atoms with Crippen LogP contribution in [0.4, 0.5) is 17.1 Å². The van der Waals surface area contributed by atoms with Crippen molar-refractivity contribution in [3.8, 4) is 0 Å². The van der Waals surface area contributed by atoms with Crippen molar-refractivity contribution in [2.45, 2.75) is 12.5 Å². The quantitative estimate of drug-likeness (QED) is 0.844. The van der Waals surface area contributed by atoms with E-state index >= 15 is 0 Å². The third kappa shape index (κ3) is 4.57. The van der Waals surface area contributed by atoms with Gasteiger partial charge >= 0.3 is 0 Å². The number of sulfone groups is 1. The molecule has 1 saturated heterocycles. The van der Waals surface area contributed by atoms with Gasteiger partial charge in [0, 0.05) is 38.6 Å². The van der Waals surface area contributed by atoms with E-state index in [-0.39, 0.29) is 23.5 Å². The van der Waals surface area contributed by atoms with Gasteiger partial charge in [-0.05, 0) is 42.8 Å². The molecule has 0 radical (unpaired) electrons. The molecule has 0 saturated carbocycles. The van der Waals surface area contributed by atoms with Gasteiger partial charge in [-0.3, -0.25) is 4.79 Å². The molecule has 1 unspecified atom stereocenters. The number of hydrogen-bond donors (Lipinski definition) is 1. The summed E-state index contributed by atoms with van der Waals surface area (Å²) in [7, 11) is 2.82. The van der Waals surface area contributed by atoms with Crippen molar-refractivity contribution < 1.29 is 13.2 Å². The Hall–Kier alpha value is -2.61. The van der Waals surface area contributed by atoms with E-state index in [0.717, 1.165) is 11.4 Å². The Bertz CT molecular complexity index is 909. The van der Waals surface area contributed by atoms with Gasteiger partial charge in [0.1, 0.15) is 5.69 Å². The minimum absolute atomic E-state index is 0.0494. The summed E-state index contributed by atoms with van der Waals surface area (Å²) in [6.45, 7) is 0. The van der Waals surface area contributed by atoms with E-state index < -0.39 is 9.84 Å². The zero-order chi connectivity index (χ0) is 19.6. The molecule has 0 bridgehead atoms. The number of anilines is 3. The predicted molar refractivity (Wildman–Crippen MR) is 108 cm³/mol. The molecule has 0 spiro atoms. The Morgan fingerprint density at radius 2 is 1.74 bits per heavy atom. The second-order valence-corrected chi connectivity index (χ2v) is 9.19. The molecule has 144 valence electrons. The number of nitrogens with zero attached hydrogens (tertiary/aromatic N) is 3. The fourth-order valence-corrected chi connectivity index (χ4v) is 4.83. The van der Waals surface area contributed by atoms with E-state index in [4.69, 9.17) is 0 Å². The highest BCUT2D eigenvalue weighted by Gasteiger charge is 2.30. The van der Waals surface area contributed by atoms with Crippen LogP contribution < -0.4 is 15.1 Å². The van der Waals surface area contributed by atoms with Gasteiger partial charge in [-0.15, -0.1) is 0 Å². The van der Waals surface area contributed by atoms with Gasteiger partial charge in [-0.2, -0.15) is 0 Å². The molecule has 8 heteroatoms.